The Hall–Kier alpha value is -2.66. The van der Waals surface area contributed by atoms with Gasteiger partial charge in [-0.3, -0.25) is 0 Å². The Labute approximate surface area is 136 Å². The van der Waals surface area contributed by atoms with Gasteiger partial charge in [-0.25, -0.2) is 0 Å². The van der Waals surface area contributed by atoms with Crippen LogP contribution in [0.15, 0.2) is 71.6 Å². The molecule has 0 aromatic heterocycles. The molecule has 0 saturated carbocycles. The summed E-state index contributed by atoms with van der Waals surface area (Å²) in [5, 5.41) is 8.53. The summed E-state index contributed by atoms with van der Waals surface area (Å²) in [6.07, 6.45) is 1.40. The molecule has 0 unspecified atom stereocenters. The van der Waals surface area contributed by atoms with Crippen LogP contribution in [0.25, 0.3) is 0 Å². The Kier molecular flexibility index (Phi) is 6.81. The number of azo groups is 1. The average Bonchev–Trinajstić information content (AvgIpc) is 2.59. The first-order valence-electron chi connectivity index (χ1n) is 7.27. The number of nitrogens with zero attached hydrogens (tertiary/aromatic N) is 2. The van der Waals surface area contributed by atoms with E-state index in [0.717, 1.165) is 22.7 Å². The normalized spacial score (nSPS) is 10.7. The molecule has 0 fully saturated rings. The van der Waals surface area contributed by atoms with E-state index < -0.39 is 0 Å². The second-order valence-corrected chi connectivity index (χ2v) is 4.64. The average molecular weight is 312 g/mol. The van der Waals surface area contributed by atoms with Crippen LogP contribution in [0.1, 0.15) is 5.56 Å². The number of benzene rings is 2. The van der Waals surface area contributed by atoms with Crippen molar-refractivity contribution >= 4 is 11.4 Å². The highest BCUT2D eigenvalue weighted by Gasteiger charge is 2.00. The first-order chi connectivity index (χ1) is 11.3. The van der Waals surface area contributed by atoms with Crippen molar-refractivity contribution in [3.8, 4) is 5.75 Å². The van der Waals surface area contributed by atoms with E-state index in [-0.39, 0.29) is 0 Å². The van der Waals surface area contributed by atoms with Crippen LogP contribution in [0.5, 0.6) is 5.75 Å². The van der Waals surface area contributed by atoms with Gasteiger partial charge in [0.25, 0.3) is 0 Å². The molecule has 0 bridgehead atoms. The number of ether oxygens (including phenoxy) is 3. The largest absolute Gasteiger partial charge is 0.498 e. The lowest BCUT2D eigenvalue weighted by Crippen LogP contribution is -2.03. The van der Waals surface area contributed by atoms with E-state index in [9.17, 15) is 0 Å². The molecule has 0 N–H and O–H groups in total. The van der Waals surface area contributed by atoms with Crippen molar-refractivity contribution in [2.45, 2.75) is 6.61 Å². The molecule has 0 spiro atoms. The predicted octanol–water partition coefficient (Wildman–Crippen LogP) is 4.79. The van der Waals surface area contributed by atoms with Crippen molar-refractivity contribution < 1.29 is 14.2 Å². The maximum atomic E-state index is 5.52. The first kappa shape index (κ1) is 16.7. The molecule has 2 aromatic carbocycles. The van der Waals surface area contributed by atoms with Crippen LogP contribution in [-0.4, -0.2) is 20.3 Å². The summed E-state index contributed by atoms with van der Waals surface area (Å²) < 4.78 is 15.7. The molecule has 0 radical (unpaired) electrons. The fourth-order valence-corrected chi connectivity index (χ4v) is 1.90. The molecule has 2 aromatic rings. The topological polar surface area (TPSA) is 52.4 Å². The fraction of sp³-hybridized carbons (Fsp3) is 0.222. The van der Waals surface area contributed by atoms with Crippen LogP contribution in [0.2, 0.25) is 0 Å². The number of hydrogen-bond acceptors (Lipinski definition) is 5. The van der Waals surface area contributed by atoms with Crippen LogP contribution in [0.4, 0.5) is 11.4 Å². The summed E-state index contributed by atoms with van der Waals surface area (Å²) in [6.45, 7) is 4.92. The van der Waals surface area contributed by atoms with Gasteiger partial charge in [-0.05, 0) is 30.3 Å². The highest BCUT2D eigenvalue weighted by atomic mass is 16.5. The molecule has 2 rings (SSSR count). The number of hydrogen-bond donors (Lipinski definition) is 0. The molecule has 0 aliphatic carbocycles. The third kappa shape index (κ3) is 5.56. The summed E-state index contributed by atoms with van der Waals surface area (Å²) in [5.41, 5.74) is 2.56. The van der Waals surface area contributed by atoms with E-state index in [1.807, 2.05) is 48.5 Å². The molecule has 0 saturated heterocycles. The Bertz CT molecular complexity index is 639. The van der Waals surface area contributed by atoms with E-state index >= 15 is 0 Å². The molecule has 0 aliphatic heterocycles. The minimum absolute atomic E-state index is 0.470. The molecule has 23 heavy (non-hydrogen) atoms. The lowest BCUT2D eigenvalue weighted by atomic mass is 10.2. The highest BCUT2D eigenvalue weighted by Crippen LogP contribution is 2.24. The Morgan fingerprint density at radius 1 is 1.00 bits per heavy atom. The van der Waals surface area contributed by atoms with Crippen molar-refractivity contribution in [2.24, 2.45) is 10.2 Å². The summed E-state index contributed by atoms with van der Waals surface area (Å²) in [7, 11) is 1.66. The van der Waals surface area contributed by atoms with Crippen molar-refractivity contribution in [3.63, 3.8) is 0 Å². The summed E-state index contributed by atoms with van der Waals surface area (Å²) in [5.74, 6) is 0.761. The van der Waals surface area contributed by atoms with Crippen LogP contribution in [0.3, 0.4) is 0 Å². The fourth-order valence-electron chi connectivity index (χ4n) is 1.90. The maximum absolute atomic E-state index is 5.52. The molecular weight excluding hydrogens is 292 g/mol. The Morgan fingerprint density at radius 2 is 1.78 bits per heavy atom. The number of rotatable bonds is 9. The molecule has 0 heterocycles. The van der Waals surface area contributed by atoms with Crippen LogP contribution in [0, 0.1) is 0 Å². The monoisotopic (exact) mass is 312 g/mol. The molecule has 0 amide bonds. The van der Waals surface area contributed by atoms with Gasteiger partial charge in [-0.1, -0.05) is 24.8 Å². The standard InChI is InChI=1S/C18H20N2O3/c1-3-22-12-13-23-17-10-8-16(9-11-17)19-20-18-7-5-4-6-15(18)14-21-2/h3-11H,1,12-14H2,2H3/b20-19+. The Balaban J connectivity index is 1.96. The van der Waals surface area contributed by atoms with Gasteiger partial charge in [0, 0.05) is 12.7 Å². The van der Waals surface area contributed by atoms with E-state index in [0.29, 0.717) is 19.8 Å². The second-order valence-electron chi connectivity index (χ2n) is 4.64. The smallest absolute Gasteiger partial charge is 0.122 e. The summed E-state index contributed by atoms with van der Waals surface area (Å²) in [4.78, 5) is 0. The molecule has 120 valence electrons. The Morgan fingerprint density at radius 3 is 2.52 bits per heavy atom. The van der Waals surface area contributed by atoms with Gasteiger partial charge in [0.1, 0.15) is 19.0 Å². The lowest BCUT2D eigenvalue weighted by molar-refractivity contribution is 0.179. The van der Waals surface area contributed by atoms with Crippen molar-refractivity contribution in [1.29, 1.82) is 0 Å². The van der Waals surface area contributed by atoms with Gasteiger partial charge in [0.2, 0.25) is 0 Å². The van der Waals surface area contributed by atoms with Gasteiger partial charge < -0.3 is 14.2 Å². The SMILES string of the molecule is C=COCCOc1ccc(/N=N/c2ccccc2COC)cc1. The quantitative estimate of drug-likeness (QED) is 0.380. The van der Waals surface area contributed by atoms with E-state index in [4.69, 9.17) is 14.2 Å². The van der Waals surface area contributed by atoms with Gasteiger partial charge in [0.15, 0.2) is 0 Å². The van der Waals surface area contributed by atoms with Crippen LogP contribution < -0.4 is 4.74 Å². The zero-order valence-corrected chi connectivity index (χ0v) is 13.1. The lowest BCUT2D eigenvalue weighted by Gasteiger charge is -2.05. The first-order valence-corrected chi connectivity index (χ1v) is 7.27. The van der Waals surface area contributed by atoms with E-state index in [1.165, 1.54) is 6.26 Å². The van der Waals surface area contributed by atoms with E-state index in [1.54, 1.807) is 7.11 Å². The second kappa shape index (κ2) is 9.38. The number of methoxy groups -OCH3 is 1. The third-order valence-electron chi connectivity index (χ3n) is 2.99. The zero-order chi connectivity index (χ0) is 16.3. The predicted molar refractivity (Wildman–Crippen MR) is 89.4 cm³/mol. The van der Waals surface area contributed by atoms with Crippen molar-refractivity contribution in [2.75, 3.05) is 20.3 Å². The molecule has 5 nitrogen and oxygen atoms in total. The highest BCUT2D eigenvalue weighted by molar-refractivity contribution is 5.46. The third-order valence-corrected chi connectivity index (χ3v) is 2.99. The minimum Gasteiger partial charge on any atom is -0.498 e. The van der Waals surface area contributed by atoms with Crippen molar-refractivity contribution in [1.82, 2.24) is 0 Å². The van der Waals surface area contributed by atoms with Crippen molar-refractivity contribution in [3.05, 3.63) is 66.9 Å². The van der Waals surface area contributed by atoms with Crippen LogP contribution in [-0.2, 0) is 16.1 Å². The summed E-state index contributed by atoms with van der Waals surface area (Å²) >= 11 is 0. The molecule has 0 aliphatic rings. The molecule has 5 heteroatoms. The maximum Gasteiger partial charge on any atom is 0.122 e. The van der Waals surface area contributed by atoms with Crippen LogP contribution >= 0.6 is 0 Å². The van der Waals surface area contributed by atoms with Gasteiger partial charge in [0.05, 0.1) is 24.2 Å². The van der Waals surface area contributed by atoms with E-state index in [2.05, 4.69) is 16.8 Å². The minimum atomic E-state index is 0.470. The molecule has 0 atom stereocenters. The zero-order valence-electron chi connectivity index (χ0n) is 13.1. The van der Waals surface area contributed by atoms with Gasteiger partial charge in [-0.2, -0.15) is 10.2 Å². The van der Waals surface area contributed by atoms with Gasteiger partial charge in [-0.15, -0.1) is 0 Å². The molecular formula is C18H20N2O3. The summed E-state index contributed by atoms with van der Waals surface area (Å²) in [6, 6.07) is 15.2. The van der Waals surface area contributed by atoms with Gasteiger partial charge >= 0.3 is 0 Å².